The Labute approximate surface area is 100 Å². The van der Waals surface area contributed by atoms with Gasteiger partial charge in [0.25, 0.3) is 0 Å². The summed E-state index contributed by atoms with van der Waals surface area (Å²) in [6, 6.07) is 0. The van der Waals surface area contributed by atoms with Gasteiger partial charge < -0.3 is 9.31 Å². The van der Waals surface area contributed by atoms with Crippen molar-refractivity contribution in [2.75, 3.05) is 0 Å². The van der Waals surface area contributed by atoms with Crippen molar-refractivity contribution >= 4 is 7.12 Å². The fraction of sp³-hybridized carbons (Fsp3) is 1.00. The van der Waals surface area contributed by atoms with Crippen LogP contribution >= 0.6 is 0 Å². The lowest BCUT2D eigenvalue weighted by Gasteiger charge is -2.32. The number of hydrogen-bond acceptors (Lipinski definition) is 2. The molecule has 16 heavy (non-hydrogen) atoms. The van der Waals surface area contributed by atoms with E-state index in [0.717, 1.165) is 11.8 Å². The van der Waals surface area contributed by atoms with Crippen LogP contribution in [0.1, 0.15) is 54.4 Å². The predicted molar refractivity (Wildman–Crippen MR) is 67.4 cm³/mol. The van der Waals surface area contributed by atoms with E-state index in [1.165, 1.54) is 12.8 Å². The van der Waals surface area contributed by atoms with Gasteiger partial charge in [-0.05, 0) is 58.2 Å². The topological polar surface area (TPSA) is 18.5 Å². The van der Waals surface area contributed by atoms with Gasteiger partial charge in [0.2, 0.25) is 0 Å². The van der Waals surface area contributed by atoms with Crippen LogP contribution in [0, 0.1) is 11.8 Å². The highest BCUT2D eigenvalue weighted by molar-refractivity contribution is 6.48. The van der Waals surface area contributed by atoms with Crippen LogP contribution in [-0.2, 0) is 9.31 Å². The van der Waals surface area contributed by atoms with Crippen LogP contribution in [-0.4, -0.2) is 18.3 Å². The lowest BCUT2D eigenvalue weighted by Crippen LogP contribution is -2.41. The van der Waals surface area contributed by atoms with Crippen molar-refractivity contribution < 1.29 is 9.31 Å². The van der Waals surface area contributed by atoms with Crippen molar-refractivity contribution in [2.45, 2.75) is 71.4 Å². The van der Waals surface area contributed by atoms with Gasteiger partial charge in [-0.2, -0.15) is 0 Å². The van der Waals surface area contributed by atoms with Crippen LogP contribution in [0.15, 0.2) is 0 Å². The summed E-state index contributed by atoms with van der Waals surface area (Å²) in [5.74, 6) is 2.26. The molecule has 1 aliphatic heterocycles. The molecule has 92 valence electrons. The summed E-state index contributed by atoms with van der Waals surface area (Å²) in [6.07, 6.45) is 2.60. The molecule has 3 heteroatoms. The molecule has 0 aromatic carbocycles. The molecule has 1 heterocycles. The molecular formula is C13H25BO2. The molecule has 0 aromatic heterocycles. The third kappa shape index (κ3) is 2.17. The van der Waals surface area contributed by atoms with E-state index in [4.69, 9.17) is 9.31 Å². The molecule has 1 aliphatic carbocycles. The Kier molecular flexibility index (Phi) is 2.91. The predicted octanol–water partition coefficient (Wildman–Crippen LogP) is 3.51. The van der Waals surface area contributed by atoms with Gasteiger partial charge in [-0.1, -0.05) is 13.8 Å². The second-order valence-electron chi connectivity index (χ2n) is 6.91. The third-order valence-electron chi connectivity index (χ3n) is 4.37. The highest BCUT2D eigenvalue weighted by Crippen LogP contribution is 2.55. The molecule has 0 bridgehead atoms. The fourth-order valence-corrected chi connectivity index (χ4v) is 2.54. The van der Waals surface area contributed by atoms with E-state index in [2.05, 4.69) is 41.5 Å². The summed E-state index contributed by atoms with van der Waals surface area (Å²) in [5.41, 5.74) is -0.328. The third-order valence-corrected chi connectivity index (χ3v) is 4.37. The van der Waals surface area contributed by atoms with Crippen LogP contribution in [0.2, 0.25) is 5.82 Å². The Balaban J connectivity index is 1.91. The van der Waals surface area contributed by atoms with E-state index in [1.807, 2.05) is 0 Å². The molecule has 2 nitrogen and oxygen atoms in total. The minimum absolute atomic E-state index is 0.0359. The molecule has 0 radical (unpaired) electrons. The van der Waals surface area contributed by atoms with Gasteiger partial charge in [0.1, 0.15) is 0 Å². The van der Waals surface area contributed by atoms with E-state index in [1.54, 1.807) is 0 Å². The van der Waals surface area contributed by atoms with Crippen molar-refractivity contribution in [3.63, 3.8) is 0 Å². The first-order valence-electron chi connectivity index (χ1n) is 6.58. The van der Waals surface area contributed by atoms with Gasteiger partial charge in [-0.25, -0.2) is 0 Å². The Bertz CT molecular complexity index is 257. The molecule has 0 amide bonds. The summed E-state index contributed by atoms with van der Waals surface area (Å²) >= 11 is 0. The first kappa shape index (κ1) is 12.4. The summed E-state index contributed by atoms with van der Waals surface area (Å²) in [6.45, 7) is 13.1. The molecule has 2 atom stereocenters. The molecular weight excluding hydrogens is 199 g/mol. The maximum absolute atomic E-state index is 6.08. The minimum Gasteiger partial charge on any atom is -0.403 e. The van der Waals surface area contributed by atoms with E-state index < -0.39 is 0 Å². The first-order chi connectivity index (χ1) is 7.23. The van der Waals surface area contributed by atoms with Crippen LogP contribution in [0.3, 0.4) is 0 Å². The van der Waals surface area contributed by atoms with E-state index in [0.29, 0.717) is 5.82 Å². The average Bonchev–Trinajstić information content (AvgIpc) is 2.75. The minimum atomic E-state index is -0.164. The van der Waals surface area contributed by atoms with Crippen molar-refractivity contribution in [3.8, 4) is 0 Å². The van der Waals surface area contributed by atoms with Crippen molar-refractivity contribution in [2.24, 2.45) is 11.8 Å². The van der Waals surface area contributed by atoms with E-state index >= 15 is 0 Å². The average molecular weight is 224 g/mol. The highest BCUT2D eigenvalue weighted by Gasteiger charge is 2.59. The molecule has 2 aliphatic rings. The molecule has 1 saturated carbocycles. The summed E-state index contributed by atoms with van der Waals surface area (Å²) < 4.78 is 12.2. The summed E-state index contributed by atoms with van der Waals surface area (Å²) in [7, 11) is 0.0359. The van der Waals surface area contributed by atoms with Crippen LogP contribution in [0.5, 0.6) is 0 Å². The van der Waals surface area contributed by atoms with Gasteiger partial charge in [-0.3, -0.25) is 0 Å². The van der Waals surface area contributed by atoms with Crippen molar-refractivity contribution in [1.82, 2.24) is 0 Å². The standard InChI is InChI=1S/C13H25BO2/c1-9(2)7-10-8-11(10)14-15-12(3,4)13(5,6)16-14/h9-11H,7-8H2,1-6H3/t10-,11-/m1/s1. The first-order valence-corrected chi connectivity index (χ1v) is 6.58. The zero-order valence-corrected chi connectivity index (χ0v) is 11.5. The highest BCUT2D eigenvalue weighted by atomic mass is 16.7. The molecule has 0 spiro atoms. The SMILES string of the molecule is CC(C)C[C@@H]1C[C@H]1B1OC(C)(C)C(C)(C)O1. The molecule has 0 N–H and O–H groups in total. The normalized spacial score (nSPS) is 35.8. The second kappa shape index (κ2) is 3.74. The monoisotopic (exact) mass is 224 g/mol. The maximum atomic E-state index is 6.08. The smallest absolute Gasteiger partial charge is 0.403 e. The molecule has 1 saturated heterocycles. The number of rotatable bonds is 3. The van der Waals surface area contributed by atoms with Gasteiger partial charge >= 0.3 is 7.12 Å². The molecule has 0 unspecified atom stereocenters. The lowest BCUT2D eigenvalue weighted by atomic mass is 9.79. The molecule has 0 aromatic rings. The zero-order chi connectivity index (χ0) is 12.1. The Morgan fingerprint density at radius 2 is 1.62 bits per heavy atom. The van der Waals surface area contributed by atoms with Gasteiger partial charge in [0.15, 0.2) is 0 Å². The summed E-state index contributed by atoms with van der Waals surface area (Å²) in [4.78, 5) is 0. The Morgan fingerprint density at radius 1 is 1.12 bits per heavy atom. The van der Waals surface area contributed by atoms with Gasteiger partial charge in [-0.15, -0.1) is 0 Å². The largest absolute Gasteiger partial charge is 0.461 e. The van der Waals surface area contributed by atoms with Crippen LogP contribution in [0.4, 0.5) is 0 Å². The zero-order valence-electron chi connectivity index (χ0n) is 11.5. The van der Waals surface area contributed by atoms with Crippen molar-refractivity contribution in [1.29, 1.82) is 0 Å². The van der Waals surface area contributed by atoms with E-state index in [-0.39, 0.29) is 18.3 Å². The van der Waals surface area contributed by atoms with Crippen LogP contribution < -0.4 is 0 Å². The van der Waals surface area contributed by atoms with Crippen molar-refractivity contribution in [3.05, 3.63) is 0 Å². The van der Waals surface area contributed by atoms with E-state index in [9.17, 15) is 0 Å². The fourth-order valence-electron chi connectivity index (χ4n) is 2.54. The molecule has 2 fully saturated rings. The quantitative estimate of drug-likeness (QED) is 0.683. The molecule has 2 rings (SSSR count). The maximum Gasteiger partial charge on any atom is 0.461 e. The Hall–Kier alpha value is -0.0151. The summed E-state index contributed by atoms with van der Waals surface area (Å²) in [5, 5.41) is 0. The van der Waals surface area contributed by atoms with Crippen LogP contribution in [0.25, 0.3) is 0 Å². The van der Waals surface area contributed by atoms with Gasteiger partial charge in [0.05, 0.1) is 11.2 Å². The number of hydrogen-bond donors (Lipinski definition) is 0. The Morgan fingerprint density at radius 3 is 2.06 bits per heavy atom. The van der Waals surface area contributed by atoms with Gasteiger partial charge in [0, 0.05) is 0 Å². The lowest BCUT2D eigenvalue weighted by molar-refractivity contribution is 0.00578. The second-order valence-corrected chi connectivity index (χ2v) is 6.91.